The van der Waals surface area contributed by atoms with Crippen molar-refractivity contribution in [2.24, 2.45) is 17.8 Å². The molecule has 0 aromatic rings. The number of nitrogens with one attached hydrogen (secondary N) is 1. The lowest BCUT2D eigenvalue weighted by molar-refractivity contribution is 0.0145. The monoisotopic (exact) mass is 296 g/mol. The van der Waals surface area contributed by atoms with Crippen molar-refractivity contribution in [2.75, 3.05) is 26.2 Å². The van der Waals surface area contributed by atoms with Gasteiger partial charge in [-0.15, -0.1) is 0 Å². The van der Waals surface area contributed by atoms with Crippen molar-refractivity contribution in [2.45, 2.75) is 71.4 Å². The van der Waals surface area contributed by atoms with E-state index in [0.717, 1.165) is 31.3 Å². The number of β-amino-alcohol motifs (C(OH)–C–C–N with tert-alkyl or cyclic N) is 1. The Kier molecular flexibility index (Phi) is 6.97. The van der Waals surface area contributed by atoms with Gasteiger partial charge in [0.1, 0.15) is 0 Å². The maximum Gasteiger partial charge on any atom is 0.0693 e. The average molecular weight is 296 g/mol. The number of hydrogen-bond donors (Lipinski definition) is 2. The Morgan fingerprint density at radius 1 is 1.19 bits per heavy atom. The molecule has 124 valence electrons. The van der Waals surface area contributed by atoms with Crippen molar-refractivity contribution < 1.29 is 5.11 Å². The highest BCUT2D eigenvalue weighted by Crippen LogP contribution is 2.33. The molecule has 5 atom stereocenters. The zero-order chi connectivity index (χ0) is 15.2. The molecule has 3 nitrogen and oxygen atoms in total. The van der Waals surface area contributed by atoms with Crippen LogP contribution in [0.5, 0.6) is 0 Å². The van der Waals surface area contributed by atoms with Crippen molar-refractivity contribution in [3.05, 3.63) is 0 Å². The summed E-state index contributed by atoms with van der Waals surface area (Å²) in [7, 11) is 0. The van der Waals surface area contributed by atoms with E-state index in [2.05, 4.69) is 31.0 Å². The summed E-state index contributed by atoms with van der Waals surface area (Å²) in [6.45, 7) is 11.0. The Morgan fingerprint density at radius 3 is 2.67 bits per heavy atom. The van der Waals surface area contributed by atoms with Gasteiger partial charge in [0.2, 0.25) is 0 Å². The van der Waals surface area contributed by atoms with Crippen LogP contribution in [0.3, 0.4) is 0 Å². The van der Waals surface area contributed by atoms with E-state index in [1.165, 1.54) is 45.2 Å². The third kappa shape index (κ3) is 4.94. The van der Waals surface area contributed by atoms with E-state index in [4.69, 9.17) is 0 Å². The first kappa shape index (κ1) is 17.2. The van der Waals surface area contributed by atoms with E-state index in [0.29, 0.717) is 12.0 Å². The summed E-state index contributed by atoms with van der Waals surface area (Å²) in [6, 6.07) is 0.694. The van der Waals surface area contributed by atoms with Gasteiger partial charge in [0.25, 0.3) is 0 Å². The second kappa shape index (κ2) is 8.50. The van der Waals surface area contributed by atoms with Gasteiger partial charge in [-0.2, -0.15) is 0 Å². The molecular weight excluding hydrogens is 260 g/mol. The van der Waals surface area contributed by atoms with Crippen LogP contribution in [-0.2, 0) is 0 Å². The molecule has 0 aromatic carbocycles. The standard InChI is InChI=1S/C18H36N2O/c1-4-6-15-7-8-17(19-5-2)16(11-15)12-20-10-9-14(3)18(21)13-20/h14-19,21H,4-13H2,1-3H3. The molecule has 5 unspecified atom stereocenters. The molecule has 1 saturated carbocycles. The van der Waals surface area contributed by atoms with Crippen LogP contribution in [0.4, 0.5) is 0 Å². The second-order valence-electron chi connectivity index (χ2n) is 7.48. The smallest absolute Gasteiger partial charge is 0.0693 e. The highest BCUT2D eigenvalue weighted by atomic mass is 16.3. The van der Waals surface area contributed by atoms with E-state index < -0.39 is 0 Å². The lowest BCUT2D eigenvalue weighted by Crippen LogP contribution is -2.50. The first-order chi connectivity index (χ1) is 10.1. The Labute approximate surface area is 131 Å². The Hall–Kier alpha value is -0.120. The maximum absolute atomic E-state index is 10.1. The molecule has 1 aliphatic heterocycles. The SMILES string of the molecule is CCCC1CCC(NCC)C(CN2CCC(C)C(O)C2)C1. The fraction of sp³-hybridized carbons (Fsp3) is 1.00. The zero-order valence-corrected chi connectivity index (χ0v) is 14.4. The van der Waals surface area contributed by atoms with Crippen LogP contribution in [-0.4, -0.2) is 48.3 Å². The number of rotatable bonds is 6. The fourth-order valence-corrected chi connectivity index (χ4v) is 4.38. The fourth-order valence-electron chi connectivity index (χ4n) is 4.38. The molecule has 2 aliphatic rings. The minimum absolute atomic E-state index is 0.119. The van der Waals surface area contributed by atoms with Crippen LogP contribution >= 0.6 is 0 Å². The number of aliphatic hydroxyl groups is 1. The molecule has 0 radical (unpaired) electrons. The van der Waals surface area contributed by atoms with Gasteiger partial charge >= 0.3 is 0 Å². The lowest BCUT2D eigenvalue weighted by Gasteiger charge is -2.42. The summed E-state index contributed by atoms with van der Waals surface area (Å²) in [5.74, 6) is 2.18. The van der Waals surface area contributed by atoms with Crippen molar-refractivity contribution in [3.8, 4) is 0 Å². The summed E-state index contributed by atoms with van der Waals surface area (Å²) in [4.78, 5) is 2.52. The molecule has 2 rings (SSSR count). The number of likely N-dealkylation sites (tertiary alicyclic amines) is 1. The molecule has 3 heteroatoms. The molecule has 0 spiro atoms. The summed E-state index contributed by atoms with van der Waals surface area (Å²) in [6.07, 6.45) is 7.88. The number of hydrogen-bond acceptors (Lipinski definition) is 3. The lowest BCUT2D eigenvalue weighted by atomic mass is 9.75. The van der Waals surface area contributed by atoms with Gasteiger partial charge in [0.15, 0.2) is 0 Å². The van der Waals surface area contributed by atoms with Crippen LogP contribution in [0.25, 0.3) is 0 Å². The van der Waals surface area contributed by atoms with Crippen molar-refractivity contribution in [1.29, 1.82) is 0 Å². The van der Waals surface area contributed by atoms with Crippen molar-refractivity contribution in [1.82, 2.24) is 10.2 Å². The molecule has 0 aromatic heterocycles. The zero-order valence-electron chi connectivity index (χ0n) is 14.4. The van der Waals surface area contributed by atoms with Gasteiger partial charge in [-0.3, -0.25) is 0 Å². The van der Waals surface area contributed by atoms with Crippen molar-refractivity contribution >= 4 is 0 Å². The molecular formula is C18H36N2O. The average Bonchev–Trinajstić information content (AvgIpc) is 2.46. The quantitative estimate of drug-likeness (QED) is 0.791. The summed E-state index contributed by atoms with van der Waals surface area (Å²) >= 11 is 0. The molecule has 1 saturated heterocycles. The first-order valence-corrected chi connectivity index (χ1v) is 9.27. The van der Waals surface area contributed by atoms with E-state index in [1.807, 2.05) is 0 Å². The van der Waals surface area contributed by atoms with Gasteiger partial charge in [-0.25, -0.2) is 0 Å². The highest BCUT2D eigenvalue weighted by Gasteiger charge is 2.33. The highest BCUT2D eigenvalue weighted by molar-refractivity contribution is 4.88. The van der Waals surface area contributed by atoms with E-state index in [1.54, 1.807) is 0 Å². The summed E-state index contributed by atoms with van der Waals surface area (Å²) in [5, 5.41) is 13.8. The first-order valence-electron chi connectivity index (χ1n) is 9.27. The molecule has 21 heavy (non-hydrogen) atoms. The number of aliphatic hydroxyl groups excluding tert-OH is 1. The minimum Gasteiger partial charge on any atom is -0.392 e. The van der Waals surface area contributed by atoms with Crippen LogP contribution < -0.4 is 5.32 Å². The van der Waals surface area contributed by atoms with E-state index >= 15 is 0 Å². The van der Waals surface area contributed by atoms with E-state index in [9.17, 15) is 5.11 Å². The molecule has 0 bridgehead atoms. The van der Waals surface area contributed by atoms with Gasteiger partial charge in [-0.05, 0) is 56.5 Å². The Balaban J connectivity index is 1.89. The van der Waals surface area contributed by atoms with Gasteiger partial charge in [0.05, 0.1) is 6.10 Å². The molecule has 1 aliphatic carbocycles. The van der Waals surface area contributed by atoms with Gasteiger partial charge in [0, 0.05) is 19.1 Å². The van der Waals surface area contributed by atoms with Crippen LogP contribution in [0.1, 0.15) is 59.3 Å². The topological polar surface area (TPSA) is 35.5 Å². The Bertz CT molecular complexity index is 297. The van der Waals surface area contributed by atoms with Crippen molar-refractivity contribution in [3.63, 3.8) is 0 Å². The van der Waals surface area contributed by atoms with E-state index in [-0.39, 0.29) is 6.10 Å². The predicted octanol–water partition coefficient (Wildman–Crippen LogP) is 2.88. The minimum atomic E-state index is -0.119. The third-order valence-electron chi connectivity index (χ3n) is 5.75. The summed E-state index contributed by atoms with van der Waals surface area (Å²) < 4.78 is 0. The molecule has 2 fully saturated rings. The Morgan fingerprint density at radius 2 is 2.00 bits per heavy atom. The van der Waals surface area contributed by atoms with Crippen LogP contribution in [0, 0.1) is 17.8 Å². The predicted molar refractivity (Wildman–Crippen MR) is 89.4 cm³/mol. The van der Waals surface area contributed by atoms with Gasteiger partial charge < -0.3 is 15.3 Å². The number of nitrogens with zero attached hydrogens (tertiary/aromatic N) is 1. The molecule has 2 N–H and O–H groups in total. The van der Waals surface area contributed by atoms with Crippen LogP contribution in [0.2, 0.25) is 0 Å². The molecule has 0 amide bonds. The summed E-state index contributed by atoms with van der Waals surface area (Å²) in [5.41, 5.74) is 0. The second-order valence-corrected chi connectivity index (χ2v) is 7.48. The normalized spacial score (nSPS) is 38.6. The largest absolute Gasteiger partial charge is 0.392 e. The molecule has 1 heterocycles. The van der Waals surface area contributed by atoms with Gasteiger partial charge in [-0.1, -0.05) is 33.6 Å². The third-order valence-corrected chi connectivity index (χ3v) is 5.75. The van der Waals surface area contributed by atoms with Crippen LogP contribution in [0.15, 0.2) is 0 Å². The maximum atomic E-state index is 10.1. The number of piperidine rings is 1.